The molecule has 3 amide bonds. The van der Waals surface area contributed by atoms with Gasteiger partial charge in [0, 0.05) is 71.1 Å². The van der Waals surface area contributed by atoms with Gasteiger partial charge in [0.15, 0.2) is 0 Å². The standard InChI is InChI=1S/C19H30N4O3.C19H28N4O2/c1-19(2,3)26-18(25)21-9-6-10-22-11-13-23(14-12-22)16-8-5-4-7-15(16)17(20)24;1-19(2,3)25-18(24)21-9-6-10-22-11-13-23(14-12-22)17-8-5-4-7-16(17)15-20/h4-5,7-8H,6,9-14H2,1-3H3,(H2,20,24)(H,21,25);4-5,7-8H,6,9-14H2,1-3H3,(H,21,24). The molecule has 2 saturated heterocycles. The molecule has 2 aliphatic heterocycles. The number of carbonyl (C=O) groups is 3. The number of para-hydroxylation sites is 2. The number of nitrogens with zero attached hydrogens (tertiary/aromatic N) is 5. The number of nitriles is 1. The minimum atomic E-state index is -0.471. The van der Waals surface area contributed by atoms with Gasteiger partial charge in [-0.25, -0.2) is 9.59 Å². The Hall–Kier alpha value is -4.54. The van der Waals surface area contributed by atoms with E-state index >= 15 is 0 Å². The summed E-state index contributed by atoms with van der Waals surface area (Å²) in [6.45, 7) is 21.5. The van der Waals surface area contributed by atoms with Crippen LogP contribution in [-0.2, 0) is 9.47 Å². The summed E-state index contributed by atoms with van der Waals surface area (Å²) in [7, 11) is 0. The van der Waals surface area contributed by atoms with E-state index in [0.29, 0.717) is 18.7 Å². The van der Waals surface area contributed by atoms with Crippen LogP contribution < -0.4 is 26.2 Å². The molecule has 4 rings (SSSR count). The van der Waals surface area contributed by atoms with Crippen LogP contribution in [0.15, 0.2) is 48.5 Å². The SMILES string of the molecule is CC(C)(C)OC(=O)NCCCN1CCN(c2ccccc2C#N)CC1.CC(C)(C)OC(=O)NCCCN1CCN(c2ccccc2C(N)=O)CC1. The van der Waals surface area contributed by atoms with Crippen molar-refractivity contribution in [3.05, 3.63) is 59.7 Å². The number of nitrogens with one attached hydrogen (secondary N) is 2. The van der Waals surface area contributed by atoms with Gasteiger partial charge in [0.1, 0.15) is 17.3 Å². The number of hydrogen-bond donors (Lipinski definition) is 3. The van der Waals surface area contributed by atoms with Crippen molar-refractivity contribution in [2.45, 2.75) is 65.6 Å². The zero-order chi connectivity index (χ0) is 37.4. The predicted molar refractivity (Wildman–Crippen MR) is 201 cm³/mol. The normalized spacial score (nSPS) is 15.5. The molecule has 13 nitrogen and oxygen atoms in total. The molecule has 51 heavy (non-hydrogen) atoms. The minimum absolute atomic E-state index is 0.356. The largest absolute Gasteiger partial charge is 0.444 e. The highest BCUT2D eigenvalue weighted by molar-refractivity contribution is 5.98. The lowest BCUT2D eigenvalue weighted by atomic mass is 10.1. The van der Waals surface area contributed by atoms with E-state index in [1.807, 2.05) is 84.0 Å². The Bertz CT molecular complexity index is 1450. The maximum atomic E-state index is 11.6. The molecule has 0 atom stereocenters. The summed E-state index contributed by atoms with van der Waals surface area (Å²) in [5.41, 5.74) is 7.78. The lowest BCUT2D eigenvalue weighted by molar-refractivity contribution is 0.0514. The van der Waals surface area contributed by atoms with E-state index in [1.165, 1.54) is 0 Å². The molecule has 0 aromatic heterocycles. The van der Waals surface area contributed by atoms with Gasteiger partial charge in [0.25, 0.3) is 5.91 Å². The third-order valence-corrected chi connectivity index (χ3v) is 8.26. The number of amides is 3. The van der Waals surface area contributed by atoms with Gasteiger partial charge >= 0.3 is 12.2 Å². The molecule has 0 spiro atoms. The van der Waals surface area contributed by atoms with Crippen molar-refractivity contribution >= 4 is 29.5 Å². The van der Waals surface area contributed by atoms with E-state index in [1.54, 1.807) is 6.07 Å². The fraction of sp³-hybridized carbons (Fsp3) is 0.579. The maximum Gasteiger partial charge on any atom is 0.407 e. The Kier molecular flexibility index (Phi) is 15.8. The van der Waals surface area contributed by atoms with Gasteiger partial charge in [-0.15, -0.1) is 0 Å². The third kappa shape index (κ3) is 15.1. The van der Waals surface area contributed by atoms with Gasteiger partial charge in [0.05, 0.1) is 16.8 Å². The fourth-order valence-corrected chi connectivity index (χ4v) is 5.84. The minimum Gasteiger partial charge on any atom is -0.444 e. The smallest absolute Gasteiger partial charge is 0.407 e. The summed E-state index contributed by atoms with van der Waals surface area (Å²) in [6, 6.07) is 17.5. The van der Waals surface area contributed by atoms with Gasteiger partial charge in [-0.1, -0.05) is 24.3 Å². The number of alkyl carbamates (subject to hydrolysis) is 2. The number of anilines is 2. The Balaban J connectivity index is 0.000000276. The molecule has 0 aliphatic carbocycles. The van der Waals surface area contributed by atoms with Crippen molar-refractivity contribution < 1.29 is 23.9 Å². The van der Waals surface area contributed by atoms with Crippen molar-refractivity contribution in [1.82, 2.24) is 20.4 Å². The quantitative estimate of drug-likeness (QED) is 0.286. The second kappa shape index (κ2) is 19.7. The molecule has 2 fully saturated rings. The summed E-state index contributed by atoms with van der Waals surface area (Å²) in [4.78, 5) is 44.0. The maximum absolute atomic E-state index is 11.6. The number of benzene rings is 2. The average molecular weight is 707 g/mol. The Labute approximate surface area is 304 Å². The molecule has 4 N–H and O–H groups in total. The van der Waals surface area contributed by atoms with Gasteiger partial charge in [-0.3, -0.25) is 14.6 Å². The van der Waals surface area contributed by atoms with Crippen LogP contribution in [0.4, 0.5) is 21.0 Å². The molecule has 2 aromatic rings. The lowest BCUT2D eigenvalue weighted by Crippen LogP contribution is -2.47. The molecule has 0 radical (unpaired) electrons. The predicted octanol–water partition coefficient (Wildman–Crippen LogP) is 4.42. The number of primary amides is 1. The molecule has 2 aromatic carbocycles. The first kappa shape index (κ1) is 40.9. The van der Waals surface area contributed by atoms with Gasteiger partial charge < -0.3 is 35.6 Å². The second-order valence-electron chi connectivity index (χ2n) is 14.7. The topological polar surface area (TPSA) is 156 Å². The molecule has 280 valence electrons. The number of nitrogens with two attached hydrogens (primary N) is 1. The van der Waals surface area contributed by atoms with Crippen LogP contribution in [0.3, 0.4) is 0 Å². The monoisotopic (exact) mass is 706 g/mol. The lowest BCUT2D eigenvalue weighted by Gasteiger charge is -2.36. The number of ether oxygens (including phenoxy) is 2. The van der Waals surface area contributed by atoms with E-state index in [4.69, 9.17) is 15.2 Å². The number of piperazine rings is 2. The molecule has 13 heteroatoms. The molecule has 0 saturated carbocycles. The van der Waals surface area contributed by atoms with Crippen LogP contribution in [0.1, 0.15) is 70.3 Å². The molecule has 2 aliphatic rings. The highest BCUT2D eigenvalue weighted by atomic mass is 16.6. The van der Waals surface area contributed by atoms with E-state index in [-0.39, 0.29) is 12.2 Å². The van der Waals surface area contributed by atoms with E-state index in [0.717, 1.165) is 95.2 Å². The van der Waals surface area contributed by atoms with Crippen molar-refractivity contribution in [2.24, 2.45) is 5.73 Å². The van der Waals surface area contributed by atoms with E-state index < -0.39 is 17.1 Å². The first-order valence-corrected chi connectivity index (χ1v) is 17.9. The molecule has 0 bridgehead atoms. The summed E-state index contributed by atoms with van der Waals surface area (Å²) < 4.78 is 10.4. The first-order valence-electron chi connectivity index (χ1n) is 17.9. The third-order valence-electron chi connectivity index (χ3n) is 8.26. The molecular weight excluding hydrogens is 648 g/mol. The van der Waals surface area contributed by atoms with Crippen LogP contribution in [0, 0.1) is 11.3 Å². The zero-order valence-corrected chi connectivity index (χ0v) is 31.4. The molecule has 2 heterocycles. The van der Waals surface area contributed by atoms with Crippen molar-refractivity contribution in [3.8, 4) is 6.07 Å². The Morgan fingerprint density at radius 3 is 1.53 bits per heavy atom. The molecule has 0 unspecified atom stereocenters. The van der Waals surface area contributed by atoms with E-state index in [9.17, 15) is 19.6 Å². The summed E-state index contributed by atoms with van der Waals surface area (Å²) in [5.74, 6) is -0.392. The highest BCUT2D eigenvalue weighted by Crippen LogP contribution is 2.22. The number of carbonyl (C=O) groups excluding carboxylic acids is 3. The van der Waals surface area contributed by atoms with Crippen LogP contribution in [0.25, 0.3) is 0 Å². The summed E-state index contributed by atoms with van der Waals surface area (Å²) in [5, 5.41) is 14.8. The summed E-state index contributed by atoms with van der Waals surface area (Å²) >= 11 is 0. The van der Waals surface area contributed by atoms with Crippen molar-refractivity contribution in [3.63, 3.8) is 0 Å². The first-order chi connectivity index (χ1) is 24.1. The van der Waals surface area contributed by atoms with Crippen molar-refractivity contribution in [2.75, 3.05) is 88.3 Å². The average Bonchev–Trinajstić information content (AvgIpc) is 3.08. The van der Waals surface area contributed by atoms with Gasteiger partial charge in [0.2, 0.25) is 0 Å². The summed E-state index contributed by atoms with van der Waals surface area (Å²) in [6.07, 6.45) is 1.04. The van der Waals surface area contributed by atoms with Crippen LogP contribution in [-0.4, -0.2) is 118 Å². The Morgan fingerprint density at radius 1 is 0.686 bits per heavy atom. The number of rotatable bonds is 11. The van der Waals surface area contributed by atoms with Crippen LogP contribution >= 0.6 is 0 Å². The second-order valence-corrected chi connectivity index (χ2v) is 14.7. The van der Waals surface area contributed by atoms with Crippen molar-refractivity contribution in [1.29, 1.82) is 5.26 Å². The van der Waals surface area contributed by atoms with Crippen LogP contribution in [0.5, 0.6) is 0 Å². The van der Waals surface area contributed by atoms with E-state index in [2.05, 4.69) is 36.3 Å². The number of hydrogen-bond acceptors (Lipinski definition) is 10. The fourth-order valence-electron chi connectivity index (χ4n) is 5.84. The van der Waals surface area contributed by atoms with Gasteiger partial charge in [-0.2, -0.15) is 5.26 Å². The Morgan fingerprint density at radius 2 is 1.10 bits per heavy atom. The van der Waals surface area contributed by atoms with Crippen LogP contribution in [0.2, 0.25) is 0 Å². The molecular formula is C38H58N8O5. The van der Waals surface area contributed by atoms with Gasteiger partial charge in [-0.05, 0) is 91.7 Å². The highest BCUT2D eigenvalue weighted by Gasteiger charge is 2.22. The zero-order valence-electron chi connectivity index (χ0n) is 31.4.